The van der Waals surface area contributed by atoms with Crippen LogP contribution in [0.4, 0.5) is 0 Å². The lowest BCUT2D eigenvalue weighted by atomic mass is 10.1. The van der Waals surface area contributed by atoms with Crippen LogP contribution in [0.2, 0.25) is 0 Å². The van der Waals surface area contributed by atoms with Gasteiger partial charge >= 0.3 is 0 Å². The van der Waals surface area contributed by atoms with Crippen molar-refractivity contribution in [1.29, 1.82) is 0 Å². The summed E-state index contributed by atoms with van der Waals surface area (Å²) < 4.78 is 11.0. The van der Waals surface area contributed by atoms with Crippen molar-refractivity contribution in [3.8, 4) is 5.75 Å². The third kappa shape index (κ3) is 4.67. The maximum atomic E-state index is 10.1. The number of fused-ring (bicyclic) bond motifs is 1. The lowest BCUT2D eigenvalue weighted by Crippen LogP contribution is -3.13. The first-order valence-corrected chi connectivity index (χ1v) is 11.3. The number of benzene rings is 1. The third-order valence-corrected chi connectivity index (χ3v) is 6.69. The van der Waals surface area contributed by atoms with Gasteiger partial charge < -0.3 is 24.7 Å². The number of piperidine rings is 2. The van der Waals surface area contributed by atoms with E-state index in [0.717, 1.165) is 86.8 Å². The fourth-order valence-corrected chi connectivity index (χ4v) is 5.17. The van der Waals surface area contributed by atoms with E-state index in [0.29, 0.717) is 6.61 Å². The molecule has 0 spiro atoms. The van der Waals surface area contributed by atoms with Gasteiger partial charge in [0, 0.05) is 6.07 Å². The smallest absolute Gasteiger partial charge is 0.189 e. The SMILES string of the molecule is CCOc1ccc2c(c1)n(C[NH+]1CCC[C@@H](O)C1)c(=S)n2C[NH+]1CCC[C@H](O)C1. The molecule has 160 valence electrons. The fraction of sp³-hybridized carbons (Fsp3) is 0.667. The molecule has 0 radical (unpaired) electrons. The number of nitrogens with zero attached hydrogens (tertiary/aromatic N) is 2. The highest BCUT2D eigenvalue weighted by molar-refractivity contribution is 7.71. The number of aliphatic hydroxyl groups excluding tert-OH is 2. The Morgan fingerprint density at radius 1 is 1.00 bits per heavy atom. The molecule has 1 aromatic heterocycles. The van der Waals surface area contributed by atoms with E-state index in [2.05, 4.69) is 21.3 Å². The van der Waals surface area contributed by atoms with E-state index in [1.807, 2.05) is 13.0 Å². The number of hydrogen-bond acceptors (Lipinski definition) is 4. The first-order valence-electron chi connectivity index (χ1n) is 10.9. The second kappa shape index (κ2) is 9.14. The van der Waals surface area contributed by atoms with Crippen molar-refractivity contribution in [2.45, 2.75) is 58.2 Å². The number of quaternary nitrogens is 2. The highest BCUT2D eigenvalue weighted by Gasteiger charge is 2.25. The molecule has 0 bridgehead atoms. The number of aliphatic hydroxyl groups is 2. The van der Waals surface area contributed by atoms with Gasteiger partial charge in [0.2, 0.25) is 0 Å². The molecule has 29 heavy (non-hydrogen) atoms. The predicted molar refractivity (Wildman–Crippen MR) is 114 cm³/mol. The molecular weight excluding hydrogens is 388 g/mol. The van der Waals surface area contributed by atoms with Crippen molar-refractivity contribution in [1.82, 2.24) is 9.13 Å². The number of aromatic nitrogens is 2. The van der Waals surface area contributed by atoms with Gasteiger partial charge in [-0.1, -0.05) is 0 Å². The molecule has 8 heteroatoms. The summed E-state index contributed by atoms with van der Waals surface area (Å²) in [4.78, 5) is 2.73. The van der Waals surface area contributed by atoms with Crippen LogP contribution in [0.1, 0.15) is 32.6 Å². The van der Waals surface area contributed by atoms with Crippen LogP contribution < -0.4 is 14.5 Å². The summed E-state index contributed by atoms with van der Waals surface area (Å²) in [6, 6.07) is 6.21. The summed E-state index contributed by atoms with van der Waals surface area (Å²) >= 11 is 5.93. The van der Waals surface area contributed by atoms with Crippen LogP contribution in [0.3, 0.4) is 0 Å². The number of imidazole rings is 1. The van der Waals surface area contributed by atoms with Gasteiger partial charge in [-0.05, 0) is 57.0 Å². The Morgan fingerprint density at radius 3 is 2.14 bits per heavy atom. The van der Waals surface area contributed by atoms with E-state index in [1.54, 1.807) is 0 Å². The Morgan fingerprint density at radius 2 is 1.59 bits per heavy atom. The lowest BCUT2D eigenvalue weighted by Gasteiger charge is -2.28. The largest absolute Gasteiger partial charge is 0.494 e. The summed E-state index contributed by atoms with van der Waals surface area (Å²) in [7, 11) is 0. The molecular formula is C21H34N4O3S+2. The molecule has 4 N–H and O–H groups in total. The van der Waals surface area contributed by atoms with E-state index < -0.39 is 0 Å². The predicted octanol–water partition coefficient (Wildman–Crippen LogP) is -0.435. The first kappa shape index (κ1) is 20.8. The second-order valence-corrected chi connectivity index (χ2v) is 8.90. The Bertz CT molecular complexity index is 896. The van der Waals surface area contributed by atoms with E-state index in [4.69, 9.17) is 17.0 Å². The zero-order valence-corrected chi connectivity index (χ0v) is 18.1. The monoisotopic (exact) mass is 422 g/mol. The molecule has 2 fully saturated rings. The summed E-state index contributed by atoms with van der Waals surface area (Å²) in [6.45, 7) is 7.81. The summed E-state index contributed by atoms with van der Waals surface area (Å²) in [5, 5.41) is 20.2. The standard InChI is InChI=1S/C21H32N4O3S/c1-2-28-18-7-8-19-20(11-18)25(15-23-10-4-6-17(27)13-23)21(29)24(19)14-22-9-3-5-16(26)12-22/h7-8,11,16-17,26-27H,2-6,9-10,12-15H2,1H3/p+2/t16-,17+/m0/s1. The molecule has 3 heterocycles. The van der Waals surface area contributed by atoms with Crippen molar-refractivity contribution >= 4 is 23.3 Å². The number of ether oxygens (including phenoxy) is 1. The van der Waals surface area contributed by atoms with Crippen LogP contribution in [-0.4, -0.2) is 64.3 Å². The molecule has 2 aliphatic rings. The fourth-order valence-electron chi connectivity index (χ4n) is 4.85. The molecule has 0 aliphatic carbocycles. The Kier molecular flexibility index (Phi) is 6.56. The molecule has 2 aromatic rings. The highest BCUT2D eigenvalue weighted by Crippen LogP contribution is 2.23. The maximum Gasteiger partial charge on any atom is 0.189 e. The van der Waals surface area contributed by atoms with Crippen molar-refractivity contribution in [3.63, 3.8) is 0 Å². The van der Waals surface area contributed by atoms with Gasteiger partial charge in [0.1, 0.15) is 31.0 Å². The highest BCUT2D eigenvalue weighted by atomic mass is 32.1. The van der Waals surface area contributed by atoms with Crippen LogP contribution in [0, 0.1) is 4.77 Å². The van der Waals surface area contributed by atoms with E-state index in [-0.39, 0.29) is 12.2 Å². The molecule has 1 aromatic carbocycles. The van der Waals surface area contributed by atoms with Crippen molar-refractivity contribution < 1.29 is 24.7 Å². The van der Waals surface area contributed by atoms with Crippen LogP contribution in [0.15, 0.2) is 18.2 Å². The van der Waals surface area contributed by atoms with Gasteiger partial charge in [-0.25, -0.2) is 0 Å². The van der Waals surface area contributed by atoms with Gasteiger partial charge in [0.25, 0.3) is 0 Å². The minimum atomic E-state index is -0.223. The average Bonchev–Trinajstić information content (AvgIpc) is 2.94. The molecule has 0 amide bonds. The Labute approximate surface area is 177 Å². The zero-order chi connectivity index (χ0) is 20.4. The minimum Gasteiger partial charge on any atom is -0.494 e. The summed E-state index contributed by atoms with van der Waals surface area (Å²) in [5.74, 6) is 0.857. The van der Waals surface area contributed by atoms with E-state index in [1.165, 1.54) is 9.80 Å². The number of hydrogen-bond donors (Lipinski definition) is 4. The normalized spacial score (nSPS) is 28.0. The number of nitrogens with one attached hydrogen (secondary N) is 2. The zero-order valence-electron chi connectivity index (χ0n) is 17.3. The Balaban J connectivity index is 1.69. The van der Waals surface area contributed by atoms with E-state index >= 15 is 0 Å². The van der Waals surface area contributed by atoms with Crippen LogP contribution in [-0.2, 0) is 13.3 Å². The Hall–Kier alpha value is -1.45. The second-order valence-electron chi connectivity index (χ2n) is 8.54. The molecule has 4 rings (SSSR count). The summed E-state index contributed by atoms with van der Waals surface area (Å²) in [5.41, 5.74) is 2.20. The molecule has 2 saturated heterocycles. The van der Waals surface area contributed by atoms with Crippen LogP contribution >= 0.6 is 12.2 Å². The van der Waals surface area contributed by atoms with E-state index in [9.17, 15) is 10.2 Å². The lowest BCUT2D eigenvalue weighted by molar-refractivity contribution is -0.931. The molecule has 7 nitrogen and oxygen atoms in total. The van der Waals surface area contributed by atoms with Crippen molar-refractivity contribution in [2.75, 3.05) is 32.8 Å². The third-order valence-electron chi connectivity index (χ3n) is 6.25. The van der Waals surface area contributed by atoms with Gasteiger partial charge in [-0.2, -0.15) is 0 Å². The number of likely N-dealkylation sites (tertiary alicyclic amines) is 2. The molecule has 2 unspecified atom stereocenters. The van der Waals surface area contributed by atoms with Crippen molar-refractivity contribution in [3.05, 3.63) is 23.0 Å². The van der Waals surface area contributed by atoms with Crippen molar-refractivity contribution in [2.24, 2.45) is 0 Å². The van der Waals surface area contributed by atoms with Gasteiger partial charge in [-0.3, -0.25) is 9.13 Å². The average molecular weight is 423 g/mol. The van der Waals surface area contributed by atoms with Crippen LogP contribution in [0.5, 0.6) is 5.75 Å². The maximum absolute atomic E-state index is 10.1. The topological polar surface area (TPSA) is 68.4 Å². The van der Waals surface area contributed by atoms with Gasteiger partial charge in [0.15, 0.2) is 18.1 Å². The molecule has 4 atom stereocenters. The van der Waals surface area contributed by atoms with Crippen LogP contribution in [0.25, 0.3) is 11.0 Å². The summed E-state index contributed by atoms with van der Waals surface area (Å²) in [6.07, 6.45) is 3.44. The minimum absolute atomic E-state index is 0.217. The quantitative estimate of drug-likeness (QED) is 0.477. The first-order chi connectivity index (χ1) is 14.0. The number of rotatable bonds is 6. The molecule has 2 aliphatic heterocycles. The van der Waals surface area contributed by atoms with Gasteiger partial charge in [0.05, 0.1) is 30.7 Å². The molecule has 0 saturated carbocycles. The van der Waals surface area contributed by atoms with Gasteiger partial charge in [-0.15, -0.1) is 0 Å².